The maximum atomic E-state index is 12.4. The number of fused-ring (bicyclic) bond motifs is 1. The summed E-state index contributed by atoms with van der Waals surface area (Å²) in [5.74, 6) is 2.03. The van der Waals surface area contributed by atoms with Crippen LogP contribution in [0.25, 0.3) is 0 Å². The summed E-state index contributed by atoms with van der Waals surface area (Å²) in [4.78, 5) is 16.7. The highest BCUT2D eigenvalue weighted by molar-refractivity contribution is 5.95. The molecule has 2 heterocycles. The standard InChI is InChI=1S/C16H20N4O2/c1-9(14-18-10(2)19-20-14)17-15(21)11-5-6-13-12(7-11)16(3,4)8-22-13/h5-7,9H,8H2,1-4H3,(H,17,21)(H,18,19,20). The number of hydrogen-bond acceptors (Lipinski definition) is 4. The lowest BCUT2D eigenvalue weighted by Gasteiger charge is -2.16. The summed E-state index contributed by atoms with van der Waals surface area (Å²) in [7, 11) is 0. The van der Waals surface area contributed by atoms with Crippen LogP contribution in [0.5, 0.6) is 5.75 Å². The van der Waals surface area contributed by atoms with Crippen molar-refractivity contribution in [3.05, 3.63) is 41.0 Å². The Hall–Kier alpha value is -2.37. The number of benzene rings is 1. The summed E-state index contributed by atoms with van der Waals surface area (Å²) in [6, 6.07) is 5.30. The molecular formula is C16H20N4O2. The molecule has 2 N–H and O–H groups in total. The number of aryl methyl sites for hydroxylation is 1. The first kappa shape index (κ1) is 14.6. The Balaban J connectivity index is 1.79. The van der Waals surface area contributed by atoms with Gasteiger partial charge in [0.25, 0.3) is 5.91 Å². The lowest BCUT2D eigenvalue weighted by molar-refractivity contribution is 0.0938. The Kier molecular flexibility index (Phi) is 3.39. The van der Waals surface area contributed by atoms with Gasteiger partial charge < -0.3 is 10.1 Å². The maximum absolute atomic E-state index is 12.4. The van der Waals surface area contributed by atoms with Gasteiger partial charge in [-0.1, -0.05) is 13.8 Å². The molecule has 1 aromatic carbocycles. The van der Waals surface area contributed by atoms with Gasteiger partial charge in [-0.25, -0.2) is 4.98 Å². The van der Waals surface area contributed by atoms with E-state index in [-0.39, 0.29) is 17.4 Å². The molecule has 2 aromatic rings. The molecule has 1 unspecified atom stereocenters. The second-order valence-electron chi connectivity index (χ2n) is 6.36. The summed E-state index contributed by atoms with van der Waals surface area (Å²) in [6.45, 7) is 8.55. The van der Waals surface area contributed by atoms with Crippen LogP contribution in [-0.4, -0.2) is 27.7 Å². The molecule has 6 nitrogen and oxygen atoms in total. The molecule has 22 heavy (non-hydrogen) atoms. The van der Waals surface area contributed by atoms with Crippen LogP contribution in [0.15, 0.2) is 18.2 Å². The van der Waals surface area contributed by atoms with Gasteiger partial charge in [0.15, 0.2) is 5.82 Å². The molecule has 1 amide bonds. The third kappa shape index (κ3) is 2.56. The third-order valence-electron chi connectivity index (χ3n) is 3.91. The number of nitrogens with one attached hydrogen (secondary N) is 2. The molecule has 0 bridgehead atoms. The fraction of sp³-hybridized carbons (Fsp3) is 0.438. The van der Waals surface area contributed by atoms with Crippen LogP contribution in [0, 0.1) is 6.92 Å². The average molecular weight is 300 g/mol. The predicted molar refractivity (Wildman–Crippen MR) is 82.0 cm³/mol. The van der Waals surface area contributed by atoms with E-state index in [2.05, 4.69) is 34.3 Å². The SMILES string of the molecule is Cc1nc(C(C)NC(=O)c2ccc3c(c2)C(C)(C)CO3)n[nH]1. The normalized spacial score (nSPS) is 16.7. The van der Waals surface area contributed by atoms with E-state index in [4.69, 9.17) is 4.74 Å². The second-order valence-corrected chi connectivity index (χ2v) is 6.36. The lowest BCUT2D eigenvalue weighted by Crippen LogP contribution is -2.27. The van der Waals surface area contributed by atoms with Crippen LogP contribution in [0.1, 0.15) is 54.4 Å². The Labute approximate surface area is 129 Å². The zero-order chi connectivity index (χ0) is 15.9. The van der Waals surface area contributed by atoms with Crippen molar-refractivity contribution in [1.82, 2.24) is 20.5 Å². The minimum absolute atomic E-state index is 0.0713. The van der Waals surface area contributed by atoms with Crippen molar-refractivity contribution >= 4 is 5.91 Å². The van der Waals surface area contributed by atoms with Crippen LogP contribution in [0.2, 0.25) is 0 Å². The number of nitrogens with zero attached hydrogens (tertiary/aromatic N) is 2. The van der Waals surface area contributed by atoms with Gasteiger partial charge in [0.05, 0.1) is 12.6 Å². The first-order valence-electron chi connectivity index (χ1n) is 7.34. The van der Waals surface area contributed by atoms with Crippen molar-refractivity contribution in [3.8, 4) is 5.75 Å². The monoisotopic (exact) mass is 300 g/mol. The highest BCUT2D eigenvalue weighted by atomic mass is 16.5. The number of H-pyrrole nitrogens is 1. The molecule has 1 aromatic heterocycles. The molecule has 1 aliphatic heterocycles. The van der Waals surface area contributed by atoms with Gasteiger partial charge in [0, 0.05) is 16.5 Å². The Morgan fingerprint density at radius 2 is 2.23 bits per heavy atom. The molecule has 0 saturated carbocycles. The summed E-state index contributed by atoms with van der Waals surface area (Å²) in [6.07, 6.45) is 0. The van der Waals surface area contributed by atoms with Gasteiger partial charge in [0.1, 0.15) is 11.6 Å². The largest absolute Gasteiger partial charge is 0.492 e. The minimum Gasteiger partial charge on any atom is -0.492 e. The van der Waals surface area contributed by atoms with E-state index < -0.39 is 0 Å². The van der Waals surface area contributed by atoms with Crippen LogP contribution < -0.4 is 10.1 Å². The quantitative estimate of drug-likeness (QED) is 0.911. The molecule has 1 atom stereocenters. The zero-order valence-corrected chi connectivity index (χ0v) is 13.2. The highest BCUT2D eigenvalue weighted by Gasteiger charge is 2.32. The van der Waals surface area contributed by atoms with E-state index in [0.29, 0.717) is 18.0 Å². The second kappa shape index (κ2) is 5.12. The Morgan fingerprint density at radius 3 is 2.91 bits per heavy atom. The number of amides is 1. The number of ether oxygens (including phenoxy) is 1. The van der Waals surface area contributed by atoms with E-state index in [9.17, 15) is 4.79 Å². The van der Waals surface area contributed by atoms with Gasteiger partial charge in [0.2, 0.25) is 0 Å². The fourth-order valence-electron chi connectivity index (χ4n) is 2.56. The molecular weight excluding hydrogens is 280 g/mol. The number of carbonyl (C=O) groups excluding carboxylic acids is 1. The molecule has 0 fully saturated rings. The molecule has 6 heteroatoms. The van der Waals surface area contributed by atoms with Gasteiger partial charge in [-0.15, -0.1) is 0 Å². The number of rotatable bonds is 3. The number of carbonyl (C=O) groups is 1. The van der Waals surface area contributed by atoms with Crippen molar-refractivity contribution in [2.24, 2.45) is 0 Å². The molecule has 3 rings (SSSR count). The summed E-state index contributed by atoms with van der Waals surface area (Å²) in [5, 5.41) is 9.77. The zero-order valence-electron chi connectivity index (χ0n) is 13.2. The van der Waals surface area contributed by atoms with Crippen molar-refractivity contribution in [1.29, 1.82) is 0 Å². The minimum atomic E-state index is -0.255. The molecule has 116 valence electrons. The molecule has 0 saturated heterocycles. The van der Waals surface area contributed by atoms with Crippen LogP contribution in [-0.2, 0) is 5.41 Å². The Morgan fingerprint density at radius 1 is 1.45 bits per heavy atom. The van der Waals surface area contributed by atoms with E-state index in [1.807, 2.05) is 26.0 Å². The predicted octanol–water partition coefficient (Wildman–Crippen LogP) is 2.27. The van der Waals surface area contributed by atoms with E-state index >= 15 is 0 Å². The van der Waals surface area contributed by atoms with Crippen molar-refractivity contribution < 1.29 is 9.53 Å². The lowest BCUT2D eigenvalue weighted by atomic mass is 9.86. The third-order valence-corrected chi connectivity index (χ3v) is 3.91. The Bertz CT molecular complexity index is 721. The van der Waals surface area contributed by atoms with Gasteiger partial charge in [-0.3, -0.25) is 9.89 Å². The highest BCUT2D eigenvalue weighted by Crippen LogP contribution is 2.38. The van der Waals surface area contributed by atoms with Crippen molar-refractivity contribution in [2.45, 2.75) is 39.2 Å². The van der Waals surface area contributed by atoms with Gasteiger partial charge in [-0.05, 0) is 32.0 Å². The van der Waals surface area contributed by atoms with Crippen molar-refractivity contribution in [2.75, 3.05) is 6.61 Å². The van der Waals surface area contributed by atoms with Crippen molar-refractivity contribution in [3.63, 3.8) is 0 Å². The number of aromatic nitrogens is 3. The number of aromatic amines is 1. The van der Waals surface area contributed by atoms with E-state index in [0.717, 1.165) is 17.1 Å². The van der Waals surface area contributed by atoms with E-state index in [1.54, 1.807) is 6.07 Å². The van der Waals surface area contributed by atoms with Crippen LogP contribution in [0.3, 0.4) is 0 Å². The molecule has 0 spiro atoms. The average Bonchev–Trinajstić information content (AvgIpc) is 3.03. The van der Waals surface area contributed by atoms with Crippen LogP contribution in [0.4, 0.5) is 0 Å². The molecule has 0 aliphatic carbocycles. The molecule has 1 aliphatic rings. The summed E-state index contributed by atoms with van der Waals surface area (Å²) < 4.78 is 5.65. The topological polar surface area (TPSA) is 79.9 Å². The first-order chi connectivity index (χ1) is 10.4. The molecule has 0 radical (unpaired) electrons. The summed E-state index contributed by atoms with van der Waals surface area (Å²) in [5.41, 5.74) is 1.62. The van der Waals surface area contributed by atoms with Gasteiger partial charge >= 0.3 is 0 Å². The fourth-order valence-corrected chi connectivity index (χ4v) is 2.56. The van der Waals surface area contributed by atoms with E-state index in [1.165, 1.54) is 0 Å². The number of hydrogen-bond donors (Lipinski definition) is 2. The first-order valence-corrected chi connectivity index (χ1v) is 7.34. The summed E-state index contributed by atoms with van der Waals surface area (Å²) >= 11 is 0. The maximum Gasteiger partial charge on any atom is 0.251 e. The van der Waals surface area contributed by atoms with Gasteiger partial charge in [-0.2, -0.15) is 5.10 Å². The smallest absolute Gasteiger partial charge is 0.251 e. The van der Waals surface area contributed by atoms with Crippen LogP contribution >= 0.6 is 0 Å².